The number of nitrogens with one attached hydrogen (secondary N) is 2. The SMILES string of the molecule is CC(C)(CN(Cc1ccccc1C(F)(F)F)C(=S)NC1CCCCC1)NC(=O)Cc1cncn1Cc1ccc(C#N)cc1. The number of imidazole rings is 1. The Kier molecular flexibility index (Phi) is 10.5. The number of alkyl halides is 3. The summed E-state index contributed by atoms with van der Waals surface area (Å²) >= 11 is 5.75. The van der Waals surface area contributed by atoms with Gasteiger partial charge in [0.1, 0.15) is 0 Å². The van der Waals surface area contributed by atoms with E-state index in [1.807, 2.05) is 30.5 Å². The van der Waals surface area contributed by atoms with Crippen LogP contribution in [0.25, 0.3) is 0 Å². The standard InChI is InChI=1S/C32H37F3N6OS/c1-31(2,39-29(42)16-27-18-37-22-41(27)19-24-14-12-23(17-36)13-15-24)21-40(30(43)38-26-9-4-3-5-10-26)20-25-8-6-7-11-28(25)32(33,34)35/h6-8,11-15,18,22,26H,3-5,9-10,16,19-21H2,1-2H3,(H,38,43)(H,39,42). The van der Waals surface area contributed by atoms with Crippen molar-refractivity contribution in [1.29, 1.82) is 5.26 Å². The van der Waals surface area contributed by atoms with Gasteiger partial charge in [-0.05, 0) is 68.2 Å². The molecule has 0 radical (unpaired) electrons. The number of halogens is 3. The molecule has 2 N–H and O–H groups in total. The van der Waals surface area contributed by atoms with Crippen LogP contribution in [0.5, 0.6) is 0 Å². The molecule has 0 unspecified atom stereocenters. The van der Waals surface area contributed by atoms with Crippen LogP contribution in [0.1, 0.15) is 73.9 Å². The number of rotatable bonds is 10. The van der Waals surface area contributed by atoms with Crippen molar-refractivity contribution < 1.29 is 18.0 Å². The molecule has 228 valence electrons. The summed E-state index contributed by atoms with van der Waals surface area (Å²) in [6.07, 6.45) is 4.13. The average Bonchev–Trinajstić information content (AvgIpc) is 3.38. The highest BCUT2D eigenvalue weighted by Crippen LogP contribution is 2.32. The van der Waals surface area contributed by atoms with E-state index in [2.05, 4.69) is 21.7 Å². The van der Waals surface area contributed by atoms with Gasteiger partial charge in [0, 0.05) is 37.6 Å². The maximum Gasteiger partial charge on any atom is 0.416 e. The Morgan fingerprint density at radius 2 is 1.81 bits per heavy atom. The van der Waals surface area contributed by atoms with Crippen LogP contribution in [0.3, 0.4) is 0 Å². The summed E-state index contributed by atoms with van der Waals surface area (Å²) in [6.45, 7) is 4.32. The van der Waals surface area contributed by atoms with Crippen molar-refractivity contribution in [3.63, 3.8) is 0 Å². The molecule has 1 heterocycles. The minimum Gasteiger partial charge on any atom is -0.360 e. The van der Waals surface area contributed by atoms with Gasteiger partial charge in [0.05, 0.1) is 35.5 Å². The molecule has 2 aromatic carbocycles. The third-order valence-corrected chi connectivity index (χ3v) is 7.92. The van der Waals surface area contributed by atoms with Gasteiger partial charge in [-0.2, -0.15) is 18.4 Å². The highest BCUT2D eigenvalue weighted by Gasteiger charge is 2.34. The lowest BCUT2D eigenvalue weighted by Gasteiger charge is -2.37. The number of nitriles is 1. The third-order valence-electron chi connectivity index (χ3n) is 7.54. The van der Waals surface area contributed by atoms with E-state index in [4.69, 9.17) is 17.5 Å². The molecule has 1 saturated carbocycles. The van der Waals surface area contributed by atoms with E-state index in [1.165, 1.54) is 18.6 Å². The predicted octanol–water partition coefficient (Wildman–Crippen LogP) is 5.97. The van der Waals surface area contributed by atoms with Gasteiger partial charge in [-0.25, -0.2) is 4.98 Å². The number of benzene rings is 2. The highest BCUT2D eigenvalue weighted by atomic mass is 32.1. The summed E-state index contributed by atoms with van der Waals surface area (Å²) in [5, 5.41) is 15.8. The van der Waals surface area contributed by atoms with Gasteiger partial charge in [-0.1, -0.05) is 49.6 Å². The number of amides is 1. The number of thiocarbonyl (C=S) groups is 1. The molecule has 43 heavy (non-hydrogen) atoms. The van der Waals surface area contributed by atoms with E-state index >= 15 is 0 Å². The zero-order valence-corrected chi connectivity index (χ0v) is 25.3. The Balaban J connectivity index is 1.46. The molecular weight excluding hydrogens is 573 g/mol. The largest absolute Gasteiger partial charge is 0.416 e. The van der Waals surface area contributed by atoms with Crippen molar-refractivity contribution in [3.8, 4) is 6.07 Å². The second kappa shape index (κ2) is 14.0. The molecule has 0 saturated heterocycles. The summed E-state index contributed by atoms with van der Waals surface area (Å²) in [5.74, 6) is -0.242. The van der Waals surface area contributed by atoms with Gasteiger partial charge in [0.2, 0.25) is 5.91 Å². The lowest BCUT2D eigenvalue weighted by Crippen LogP contribution is -2.55. The molecule has 1 amide bonds. The average molecular weight is 611 g/mol. The molecule has 1 aliphatic carbocycles. The first-order valence-corrected chi connectivity index (χ1v) is 14.8. The lowest BCUT2D eigenvalue weighted by molar-refractivity contribution is -0.138. The van der Waals surface area contributed by atoms with Crippen molar-refractivity contribution in [2.45, 2.75) is 83.2 Å². The van der Waals surface area contributed by atoms with Crippen LogP contribution >= 0.6 is 12.2 Å². The summed E-state index contributed by atoms with van der Waals surface area (Å²) in [5.41, 5.74) is 0.853. The van der Waals surface area contributed by atoms with Gasteiger partial charge >= 0.3 is 6.18 Å². The van der Waals surface area contributed by atoms with Crippen molar-refractivity contribution in [2.75, 3.05) is 6.54 Å². The maximum atomic E-state index is 13.8. The fraction of sp³-hybridized carbons (Fsp3) is 0.438. The molecule has 0 aliphatic heterocycles. The van der Waals surface area contributed by atoms with Crippen molar-refractivity contribution >= 4 is 23.2 Å². The number of carbonyl (C=O) groups excluding carboxylic acids is 1. The molecule has 1 fully saturated rings. The minimum absolute atomic E-state index is 0.0507. The van der Waals surface area contributed by atoms with E-state index < -0.39 is 17.3 Å². The Bertz CT molecular complexity index is 1440. The number of nitrogens with zero attached hydrogens (tertiary/aromatic N) is 4. The molecule has 7 nitrogen and oxygen atoms in total. The Labute approximate surface area is 256 Å². The Hall–Kier alpha value is -3.91. The van der Waals surface area contributed by atoms with E-state index in [0.717, 1.165) is 37.3 Å². The summed E-state index contributed by atoms with van der Waals surface area (Å²) < 4.78 is 43.3. The van der Waals surface area contributed by atoms with Crippen molar-refractivity contribution in [2.24, 2.45) is 0 Å². The van der Waals surface area contributed by atoms with E-state index in [0.29, 0.717) is 22.9 Å². The number of aromatic nitrogens is 2. The van der Waals surface area contributed by atoms with Crippen molar-refractivity contribution in [3.05, 3.63) is 89.0 Å². The van der Waals surface area contributed by atoms with Crippen LogP contribution in [0.4, 0.5) is 13.2 Å². The quantitative estimate of drug-likeness (QED) is 0.275. The topological polar surface area (TPSA) is 86.0 Å². The first kappa shape index (κ1) is 32.0. The Morgan fingerprint density at radius 1 is 1.12 bits per heavy atom. The lowest BCUT2D eigenvalue weighted by atomic mass is 9.95. The molecule has 0 atom stereocenters. The van der Waals surface area contributed by atoms with Gasteiger partial charge in [0.25, 0.3) is 0 Å². The summed E-state index contributed by atoms with van der Waals surface area (Å²) in [7, 11) is 0. The normalized spacial score (nSPS) is 14.1. The van der Waals surface area contributed by atoms with E-state index in [-0.39, 0.29) is 37.0 Å². The molecule has 0 bridgehead atoms. The third kappa shape index (κ3) is 9.29. The highest BCUT2D eigenvalue weighted by molar-refractivity contribution is 7.80. The monoisotopic (exact) mass is 610 g/mol. The van der Waals surface area contributed by atoms with Gasteiger partial charge in [0.15, 0.2) is 5.11 Å². The van der Waals surface area contributed by atoms with Crippen molar-refractivity contribution in [1.82, 2.24) is 25.1 Å². The fourth-order valence-corrected chi connectivity index (χ4v) is 5.77. The van der Waals surface area contributed by atoms with Crippen LogP contribution in [0.2, 0.25) is 0 Å². The van der Waals surface area contributed by atoms with Crippen LogP contribution in [0, 0.1) is 11.3 Å². The van der Waals surface area contributed by atoms with Crippen LogP contribution in [0.15, 0.2) is 61.1 Å². The molecule has 1 aliphatic rings. The zero-order valence-electron chi connectivity index (χ0n) is 24.5. The number of hydrogen-bond acceptors (Lipinski definition) is 4. The second-order valence-corrected chi connectivity index (χ2v) is 12.1. The van der Waals surface area contributed by atoms with Gasteiger partial charge in [-0.15, -0.1) is 0 Å². The van der Waals surface area contributed by atoms with Crippen LogP contribution in [-0.4, -0.2) is 43.6 Å². The second-order valence-electron chi connectivity index (χ2n) is 11.7. The van der Waals surface area contributed by atoms with E-state index in [1.54, 1.807) is 35.6 Å². The molecule has 0 spiro atoms. The molecule has 3 aromatic rings. The molecule has 4 rings (SSSR count). The molecule has 1 aromatic heterocycles. The van der Waals surface area contributed by atoms with Gasteiger partial charge in [-0.3, -0.25) is 4.79 Å². The minimum atomic E-state index is -4.49. The van der Waals surface area contributed by atoms with Crippen LogP contribution in [-0.2, 0) is 30.5 Å². The maximum absolute atomic E-state index is 13.8. The summed E-state index contributed by atoms with van der Waals surface area (Å²) in [4.78, 5) is 19.2. The van der Waals surface area contributed by atoms with Gasteiger partial charge < -0.3 is 20.1 Å². The fourth-order valence-electron chi connectivity index (χ4n) is 5.47. The number of carbonyl (C=O) groups is 1. The number of hydrogen-bond donors (Lipinski definition) is 2. The molecule has 11 heteroatoms. The first-order valence-electron chi connectivity index (χ1n) is 14.4. The molecular formula is C32H37F3N6OS. The Morgan fingerprint density at radius 3 is 2.49 bits per heavy atom. The first-order chi connectivity index (χ1) is 20.4. The smallest absolute Gasteiger partial charge is 0.360 e. The summed E-state index contributed by atoms with van der Waals surface area (Å²) in [6, 6.07) is 15.0. The van der Waals surface area contributed by atoms with Crippen LogP contribution < -0.4 is 10.6 Å². The predicted molar refractivity (Wildman–Crippen MR) is 163 cm³/mol. The zero-order chi connectivity index (χ0) is 31.0. The van der Waals surface area contributed by atoms with E-state index in [9.17, 15) is 18.0 Å².